The van der Waals surface area contributed by atoms with Crippen LogP contribution in [-0.4, -0.2) is 19.1 Å². The Morgan fingerprint density at radius 2 is 1.85 bits per heavy atom. The Morgan fingerprint density at radius 1 is 1.05 bits per heavy atom. The van der Waals surface area contributed by atoms with Crippen LogP contribution >= 0.6 is 0 Å². The zero-order valence-corrected chi connectivity index (χ0v) is 12.9. The van der Waals surface area contributed by atoms with Crippen molar-refractivity contribution in [2.75, 3.05) is 13.1 Å². The number of fused-ring (bicyclic) bond motifs is 1. The normalized spacial score (nSPS) is 39.1. The van der Waals surface area contributed by atoms with E-state index in [-0.39, 0.29) is 6.03 Å². The molecule has 4 aliphatic carbocycles. The van der Waals surface area contributed by atoms with Crippen LogP contribution in [0, 0.1) is 29.6 Å². The van der Waals surface area contributed by atoms with Crippen molar-refractivity contribution in [1.29, 1.82) is 0 Å². The molecule has 2 amide bonds. The van der Waals surface area contributed by atoms with Gasteiger partial charge in [-0.25, -0.2) is 4.79 Å². The first-order valence-electron chi connectivity index (χ1n) is 8.74. The summed E-state index contributed by atoms with van der Waals surface area (Å²) in [6, 6.07) is 0.0533. The van der Waals surface area contributed by atoms with Gasteiger partial charge in [-0.1, -0.05) is 32.6 Å². The second-order valence-corrected chi connectivity index (χ2v) is 7.54. The molecule has 4 saturated carbocycles. The molecule has 0 aromatic carbocycles. The van der Waals surface area contributed by atoms with E-state index in [1.165, 1.54) is 44.9 Å². The number of carbonyl (C=O) groups is 1. The van der Waals surface area contributed by atoms with Crippen molar-refractivity contribution in [2.45, 2.75) is 58.3 Å². The van der Waals surface area contributed by atoms with Gasteiger partial charge in [0.25, 0.3) is 0 Å². The third-order valence-corrected chi connectivity index (χ3v) is 6.19. The number of urea groups is 1. The maximum absolute atomic E-state index is 11.8. The summed E-state index contributed by atoms with van der Waals surface area (Å²) in [5.74, 6) is 4.35. The third kappa shape index (κ3) is 3.29. The Morgan fingerprint density at radius 3 is 2.55 bits per heavy atom. The molecule has 3 nitrogen and oxygen atoms in total. The van der Waals surface area contributed by atoms with Gasteiger partial charge in [0.2, 0.25) is 0 Å². The van der Waals surface area contributed by atoms with Crippen molar-refractivity contribution in [2.24, 2.45) is 29.6 Å². The highest BCUT2D eigenvalue weighted by atomic mass is 16.2. The fraction of sp³-hybridized carbons (Fsp3) is 0.941. The van der Waals surface area contributed by atoms with Gasteiger partial charge in [0.15, 0.2) is 0 Å². The summed E-state index contributed by atoms with van der Waals surface area (Å²) in [7, 11) is 0. The van der Waals surface area contributed by atoms with E-state index < -0.39 is 0 Å². The van der Waals surface area contributed by atoms with Crippen molar-refractivity contribution in [3.8, 4) is 0 Å². The van der Waals surface area contributed by atoms with Crippen LogP contribution in [0.5, 0.6) is 0 Å². The standard InChI is InChI=1S/C17H30N2O/c1-12-4-2-3-5-14(12)6-7-18-17(20)19-11-16-10-13-8-15(16)9-13/h12-16H,2-11H2,1H3,(H2,18,19,20). The lowest BCUT2D eigenvalue weighted by molar-refractivity contribution is 0.224. The molecule has 0 saturated heterocycles. The number of rotatable bonds is 5. The molecule has 0 aromatic heterocycles. The van der Waals surface area contributed by atoms with Gasteiger partial charge in [0.1, 0.15) is 0 Å². The van der Waals surface area contributed by atoms with Gasteiger partial charge in [-0.05, 0) is 55.3 Å². The van der Waals surface area contributed by atoms with Crippen LogP contribution in [0.15, 0.2) is 0 Å². The highest BCUT2D eigenvalue weighted by Crippen LogP contribution is 2.51. The van der Waals surface area contributed by atoms with E-state index >= 15 is 0 Å². The zero-order chi connectivity index (χ0) is 13.9. The molecular weight excluding hydrogens is 248 g/mol. The summed E-state index contributed by atoms with van der Waals surface area (Å²) in [6.45, 7) is 4.11. The maximum atomic E-state index is 11.8. The van der Waals surface area contributed by atoms with E-state index in [1.54, 1.807) is 0 Å². The van der Waals surface area contributed by atoms with E-state index in [9.17, 15) is 4.79 Å². The minimum absolute atomic E-state index is 0.0533. The highest BCUT2D eigenvalue weighted by molar-refractivity contribution is 5.73. The molecule has 3 heteroatoms. The molecule has 0 aromatic rings. The van der Waals surface area contributed by atoms with Gasteiger partial charge < -0.3 is 10.6 Å². The van der Waals surface area contributed by atoms with Gasteiger partial charge in [-0.3, -0.25) is 0 Å². The molecule has 0 spiro atoms. The molecule has 4 aliphatic rings. The topological polar surface area (TPSA) is 41.1 Å². The summed E-state index contributed by atoms with van der Waals surface area (Å²) in [5, 5.41) is 6.13. The van der Waals surface area contributed by atoms with Gasteiger partial charge >= 0.3 is 6.03 Å². The number of carbonyl (C=O) groups excluding carboxylic acids is 1. The molecule has 0 aliphatic heterocycles. The molecule has 2 N–H and O–H groups in total. The summed E-state index contributed by atoms with van der Waals surface area (Å²) in [5.41, 5.74) is 0. The number of amides is 2. The molecule has 3 unspecified atom stereocenters. The quantitative estimate of drug-likeness (QED) is 0.793. The molecule has 4 fully saturated rings. The van der Waals surface area contributed by atoms with E-state index in [0.29, 0.717) is 0 Å². The highest BCUT2D eigenvalue weighted by Gasteiger charge is 2.43. The summed E-state index contributed by atoms with van der Waals surface area (Å²) in [4.78, 5) is 11.8. The predicted octanol–water partition coefficient (Wildman–Crippen LogP) is 3.55. The van der Waals surface area contributed by atoms with Crippen LogP contribution in [0.3, 0.4) is 0 Å². The van der Waals surface area contributed by atoms with E-state index in [0.717, 1.165) is 49.1 Å². The first-order valence-corrected chi connectivity index (χ1v) is 8.74. The van der Waals surface area contributed by atoms with Crippen LogP contribution in [0.25, 0.3) is 0 Å². The Bertz CT molecular complexity index is 338. The summed E-state index contributed by atoms with van der Waals surface area (Å²) >= 11 is 0. The van der Waals surface area contributed by atoms with E-state index in [1.807, 2.05) is 0 Å². The summed E-state index contributed by atoms with van der Waals surface area (Å²) in [6.07, 6.45) is 10.9. The molecule has 3 atom stereocenters. The second-order valence-electron chi connectivity index (χ2n) is 7.54. The minimum Gasteiger partial charge on any atom is -0.338 e. The summed E-state index contributed by atoms with van der Waals surface area (Å²) < 4.78 is 0. The van der Waals surface area contributed by atoms with Crippen LogP contribution < -0.4 is 10.6 Å². The van der Waals surface area contributed by atoms with Crippen LogP contribution in [0.4, 0.5) is 4.79 Å². The van der Waals surface area contributed by atoms with Crippen molar-refractivity contribution < 1.29 is 4.79 Å². The maximum Gasteiger partial charge on any atom is 0.314 e. The number of hydrogen-bond acceptors (Lipinski definition) is 1. The van der Waals surface area contributed by atoms with Crippen LogP contribution in [-0.2, 0) is 0 Å². The largest absolute Gasteiger partial charge is 0.338 e. The van der Waals surface area contributed by atoms with E-state index in [4.69, 9.17) is 0 Å². The molecule has 0 radical (unpaired) electrons. The fourth-order valence-electron chi connectivity index (χ4n) is 4.71. The lowest BCUT2D eigenvalue weighted by atomic mass is 9.79. The van der Waals surface area contributed by atoms with Gasteiger partial charge in [-0.15, -0.1) is 0 Å². The zero-order valence-electron chi connectivity index (χ0n) is 12.9. The average Bonchev–Trinajstić information content (AvgIpc) is 2.97. The molecule has 114 valence electrons. The molecule has 0 heterocycles. The van der Waals surface area contributed by atoms with Crippen LogP contribution in [0.1, 0.15) is 58.3 Å². The second kappa shape index (κ2) is 6.36. The lowest BCUT2D eigenvalue weighted by Gasteiger charge is -2.28. The number of hydrogen-bond donors (Lipinski definition) is 2. The molecule has 4 rings (SSSR count). The van der Waals surface area contributed by atoms with Crippen molar-refractivity contribution in [1.82, 2.24) is 10.6 Å². The van der Waals surface area contributed by atoms with Crippen molar-refractivity contribution >= 4 is 6.03 Å². The molecular formula is C17H30N2O. The van der Waals surface area contributed by atoms with Crippen LogP contribution in [0.2, 0.25) is 0 Å². The van der Waals surface area contributed by atoms with Gasteiger partial charge in [0, 0.05) is 13.1 Å². The minimum atomic E-state index is 0.0533. The fourth-order valence-corrected chi connectivity index (χ4v) is 4.71. The Kier molecular flexibility index (Phi) is 4.52. The Hall–Kier alpha value is -0.730. The third-order valence-electron chi connectivity index (χ3n) is 6.19. The van der Waals surface area contributed by atoms with Crippen molar-refractivity contribution in [3.63, 3.8) is 0 Å². The monoisotopic (exact) mass is 278 g/mol. The Balaban J connectivity index is 1.27. The Labute approximate surface area is 123 Å². The van der Waals surface area contributed by atoms with E-state index in [2.05, 4.69) is 17.6 Å². The first-order chi connectivity index (χ1) is 9.72. The van der Waals surface area contributed by atoms with Crippen molar-refractivity contribution in [3.05, 3.63) is 0 Å². The molecule has 2 bridgehead atoms. The lowest BCUT2D eigenvalue weighted by Crippen LogP contribution is -2.39. The average molecular weight is 278 g/mol. The molecule has 20 heavy (non-hydrogen) atoms. The van der Waals surface area contributed by atoms with Gasteiger partial charge in [-0.2, -0.15) is 0 Å². The first kappa shape index (κ1) is 14.2. The number of nitrogens with one attached hydrogen (secondary N) is 2. The van der Waals surface area contributed by atoms with Gasteiger partial charge in [0.05, 0.1) is 0 Å². The SMILES string of the molecule is CC1CCCCC1CCNC(=O)NCC1CC2CC1C2. The smallest absolute Gasteiger partial charge is 0.314 e. The predicted molar refractivity (Wildman–Crippen MR) is 81.5 cm³/mol.